The van der Waals surface area contributed by atoms with Gasteiger partial charge < -0.3 is 5.73 Å². The highest BCUT2D eigenvalue weighted by Crippen LogP contribution is 2.34. The van der Waals surface area contributed by atoms with Crippen molar-refractivity contribution in [2.24, 2.45) is 5.73 Å². The summed E-state index contributed by atoms with van der Waals surface area (Å²) in [6.45, 7) is 10.9. The maximum absolute atomic E-state index is 5.81. The van der Waals surface area contributed by atoms with Gasteiger partial charge in [-0.15, -0.1) is 11.3 Å². The summed E-state index contributed by atoms with van der Waals surface area (Å²) in [6.07, 6.45) is 2.23. The fraction of sp³-hybridized carbons (Fsp3) is 0.692. The Morgan fingerprint density at radius 2 is 1.88 bits per heavy atom. The van der Waals surface area contributed by atoms with Crippen LogP contribution in [0.4, 0.5) is 0 Å². The van der Waals surface area contributed by atoms with Crippen LogP contribution in [0, 0.1) is 0 Å². The first kappa shape index (κ1) is 14.6. The number of thiocarbonyl (C=S) groups is 1. The lowest BCUT2D eigenvalue weighted by Crippen LogP contribution is -2.19. The average molecular weight is 270 g/mol. The maximum Gasteiger partial charge on any atom is 0.116 e. The van der Waals surface area contributed by atoms with Crippen molar-refractivity contribution in [2.45, 2.75) is 58.8 Å². The zero-order chi connectivity index (χ0) is 13.2. The van der Waals surface area contributed by atoms with E-state index in [4.69, 9.17) is 22.9 Å². The molecule has 0 aliphatic carbocycles. The summed E-state index contributed by atoms with van der Waals surface area (Å²) in [6, 6.07) is 0. The molecule has 0 saturated carbocycles. The van der Waals surface area contributed by atoms with Crippen LogP contribution in [0.3, 0.4) is 0 Å². The van der Waals surface area contributed by atoms with E-state index >= 15 is 0 Å². The summed E-state index contributed by atoms with van der Waals surface area (Å²) >= 11 is 6.81. The molecular weight excluding hydrogens is 248 g/mol. The van der Waals surface area contributed by atoms with E-state index in [0.29, 0.717) is 10.9 Å². The molecule has 17 heavy (non-hydrogen) atoms. The molecule has 0 spiro atoms. The number of hydrogen-bond donors (Lipinski definition) is 1. The zero-order valence-electron chi connectivity index (χ0n) is 11.3. The van der Waals surface area contributed by atoms with Crippen molar-refractivity contribution in [2.75, 3.05) is 0 Å². The van der Waals surface area contributed by atoms with Crippen LogP contribution < -0.4 is 5.73 Å². The molecule has 0 fully saturated rings. The van der Waals surface area contributed by atoms with Crippen molar-refractivity contribution in [3.63, 3.8) is 0 Å². The van der Waals surface area contributed by atoms with Crippen molar-refractivity contribution < 1.29 is 0 Å². The number of nitrogens with two attached hydrogens (primary N) is 1. The maximum atomic E-state index is 5.81. The lowest BCUT2D eigenvalue weighted by molar-refractivity contribution is 0.561. The van der Waals surface area contributed by atoms with E-state index in [-0.39, 0.29) is 5.41 Å². The third kappa shape index (κ3) is 3.26. The number of aromatic nitrogens is 1. The molecule has 0 saturated heterocycles. The van der Waals surface area contributed by atoms with Gasteiger partial charge >= 0.3 is 0 Å². The first-order chi connectivity index (χ1) is 7.81. The second-order valence-electron chi connectivity index (χ2n) is 5.36. The van der Waals surface area contributed by atoms with E-state index in [9.17, 15) is 0 Å². The predicted octanol–water partition coefficient (Wildman–Crippen LogP) is 3.98. The highest BCUT2D eigenvalue weighted by atomic mass is 32.1. The van der Waals surface area contributed by atoms with E-state index in [2.05, 4.69) is 34.6 Å². The van der Waals surface area contributed by atoms with E-state index in [1.165, 1.54) is 5.01 Å². The summed E-state index contributed by atoms with van der Waals surface area (Å²) in [7, 11) is 0. The number of nitrogens with zero attached hydrogens (tertiary/aromatic N) is 1. The molecule has 0 bridgehead atoms. The van der Waals surface area contributed by atoms with Gasteiger partial charge in [0, 0.05) is 11.3 Å². The SMILES string of the molecule is CCC(CC)c1nc(C(C)(C)C)c(C(N)=S)s1. The van der Waals surface area contributed by atoms with Gasteiger partial charge in [-0.05, 0) is 12.8 Å². The van der Waals surface area contributed by atoms with Crippen LogP contribution in [0.5, 0.6) is 0 Å². The van der Waals surface area contributed by atoms with Crippen LogP contribution in [0.2, 0.25) is 0 Å². The van der Waals surface area contributed by atoms with Crippen LogP contribution in [-0.4, -0.2) is 9.97 Å². The van der Waals surface area contributed by atoms with E-state index < -0.39 is 0 Å². The molecular formula is C13H22N2S2. The highest BCUT2D eigenvalue weighted by molar-refractivity contribution is 7.81. The Morgan fingerprint density at radius 1 is 1.35 bits per heavy atom. The average Bonchev–Trinajstić information content (AvgIpc) is 2.64. The fourth-order valence-corrected chi connectivity index (χ4v) is 3.44. The Hall–Kier alpha value is -0.480. The van der Waals surface area contributed by atoms with Gasteiger partial charge in [-0.1, -0.05) is 46.8 Å². The second kappa shape index (κ2) is 5.44. The minimum atomic E-state index is -0.000450. The normalized spacial score (nSPS) is 12.1. The van der Waals surface area contributed by atoms with E-state index in [1.54, 1.807) is 11.3 Å². The van der Waals surface area contributed by atoms with E-state index in [1.807, 2.05) is 0 Å². The first-order valence-electron chi connectivity index (χ1n) is 6.12. The minimum absolute atomic E-state index is 0.000450. The molecule has 0 aliphatic rings. The molecule has 0 atom stereocenters. The lowest BCUT2D eigenvalue weighted by atomic mass is 9.91. The smallest absolute Gasteiger partial charge is 0.116 e. The van der Waals surface area contributed by atoms with Crippen molar-refractivity contribution in [1.29, 1.82) is 0 Å². The van der Waals surface area contributed by atoms with Crippen LogP contribution in [0.25, 0.3) is 0 Å². The first-order valence-corrected chi connectivity index (χ1v) is 7.34. The molecule has 0 aromatic carbocycles. The van der Waals surface area contributed by atoms with Crippen molar-refractivity contribution in [3.8, 4) is 0 Å². The Morgan fingerprint density at radius 3 is 2.18 bits per heavy atom. The quantitative estimate of drug-likeness (QED) is 0.841. The van der Waals surface area contributed by atoms with Crippen LogP contribution >= 0.6 is 23.6 Å². The monoisotopic (exact) mass is 270 g/mol. The van der Waals surface area contributed by atoms with Gasteiger partial charge in [-0.2, -0.15) is 0 Å². The largest absolute Gasteiger partial charge is 0.389 e. The molecule has 1 heterocycles. The summed E-state index contributed by atoms with van der Waals surface area (Å²) in [5.74, 6) is 0.532. The summed E-state index contributed by atoms with van der Waals surface area (Å²) in [5.41, 5.74) is 6.86. The van der Waals surface area contributed by atoms with Crippen molar-refractivity contribution >= 4 is 28.5 Å². The van der Waals surface area contributed by atoms with Gasteiger partial charge in [0.15, 0.2) is 0 Å². The molecule has 2 N–H and O–H groups in total. The Bertz CT molecular complexity index is 398. The van der Waals surface area contributed by atoms with Gasteiger partial charge in [0.2, 0.25) is 0 Å². The molecule has 4 heteroatoms. The molecule has 1 aromatic heterocycles. The Labute approximate surface area is 114 Å². The van der Waals surface area contributed by atoms with Crippen LogP contribution in [-0.2, 0) is 5.41 Å². The summed E-state index contributed by atoms with van der Waals surface area (Å²) in [4.78, 5) is 6.27. The topological polar surface area (TPSA) is 38.9 Å². The third-order valence-electron chi connectivity index (χ3n) is 2.91. The number of thiazole rings is 1. The van der Waals surface area contributed by atoms with Gasteiger partial charge in [0.05, 0.1) is 15.6 Å². The summed E-state index contributed by atoms with van der Waals surface area (Å²) < 4.78 is 0. The molecule has 0 amide bonds. The number of hydrogen-bond acceptors (Lipinski definition) is 3. The summed E-state index contributed by atoms with van der Waals surface area (Å²) in [5, 5.41) is 1.18. The van der Waals surface area contributed by atoms with Crippen molar-refractivity contribution in [1.82, 2.24) is 4.98 Å². The van der Waals surface area contributed by atoms with Gasteiger partial charge in [0.1, 0.15) is 4.99 Å². The predicted molar refractivity (Wildman–Crippen MR) is 80.0 cm³/mol. The lowest BCUT2D eigenvalue weighted by Gasteiger charge is -2.17. The standard InChI is InChI=1S/C13H22N2S2/c1-6-8(7-2)12-15-10(13(3,4)5)9(17-12)11(14)16/h8H,6-7H2,1-5H3,(H2,14,16). The van der Waals surface area contributed by atoms with E-state index in [0.717, 1.165) is 23.4 Å². The van der Waals surface area contributed by atoms with Crippen molar-refractivity contribution in [3.05, 3.63) is 15.6 Å². The Kier molecular flexibility index (Phi) is 4.67. The van der Waals surface area contributed by atoms with Gasteiger partial charge in [-0.3, -0.25) is 0 Å². The third-order valence-corrected chi connectivity index (χ3v) is 4.50. The highest BCUT2D eigenvalue weighted by Gasteiger charge is 2.26. The minimum Gasteiger partial charge on any atom is -0.389 e. The zero-order valence-corrected chi connectivity index (χ0v) is 13.0. The second-order valence-corrected chi connectivity index (χ2v) is 6.83. The van der Waals surface area contributed by atoms with Gasteiger partial charge in [0.25, 0.3) is 0 Å². The fourth-order valence-electron chi connectivity index (χ4n) is 1.82. The molecule has 2 nitrogen and oxygen atoms in total. The Balaban J connectivity index is 3.26. The molecule has 0 unspecified atom stereocenters. The van der Waals surface area contributed by atoms with Crippen LogP contribution in [0.1, 0.15) is 69.0 Å². The molecule has 1 rings (SSSR count). The molecule has 96 valence electrons. The number of rotatable bonds is 4. The van der Waals surface area contributed by atoms with Crippen LogP contribution in [0.15, 0.2) is 0 Å². The molecule has 1 aromatic rings. The molecule has 0 radical (unpaired) electrons. The van der Waals surface area contributed by atoms with Gasteiger partial charge in [-0.25, -0.2) is 4.98 Å². The molecule has 0 aliphatic heterocycles.